The van der Waals surface area contributed by atoms with Crippen molar-refractivity contribution in [3.05, 3.63) is 0 Å². The topological polar surface area (TPSA) is 75.3 Å². The van der Waals surface area contributed by atoms with Crippen LogP contribution in [0.5, 0.6) is 0 Å². The summed E-state index contributed by atoms with van der Waals surface area (Å²) in [4.78, 5) is 12.3. The number of hydrogen-bond acceptors (Lipinski definition) is 3. The first-order chi connectivity index (χ1) is 8.56. The molecular formula is C14H28N2O2. The van der Waals surface area contributed by atoms with Gasteiger partial charge in [0.05, 0.1) is 5.92 Å². The lowest BCUT2D eigenvalue weighted by molar-refractivity contribution is -0.127. The minimum Gasteiger partial charge on any atom is -0.396 e. The second kappa shape index (κ2) is 7.74. The monoisotopic (exact) mass is 256 g/mol. The molecule has 0 aromatic heterocycles. The summed E-state index contributed by atoms with van der Waals surface area (Å²) in [6, 6.07) is 0.0485. The summed E-state index contributed by atoms with van der Waals surface area (Å²) < 4.78 is 0. The maximum Gasteiger partial charge on any atom is 0.224 e. The highest BCUT2D eigenvalue weighted by molar-refractivity contribution is 5.79. The lowest BCUT2D eigenvalue weighted by Crippen LogP contribution is -2.47. The van der Waals surface area contributed by atoms with E-state index in [4.69, 9.17) is 10.8 Å². The van der Waals surface area contributed by atoms with Crippen molar-refractivity contribution < 1.29 is 9.90 Å². The van der Waals surface area contributed by atoms with E-state index in [2.05, 4.69) is 19.2 Å². The van der Waals surface area contributed by atoms with E-state index in [0.717, 1.165) is 25.7 Å². The lowest BCUT2D eigenvalue weighted by Gasteiger charge is -2.26. The molecule has 0 radical (unpaired) electrons. The first-order valence-electron chi connectivity index (χ1n) is 7.23. The van der Waals surface area contributed by atoms with Crippen LogP contribution >= 0.6 is 0 Å². The van der Waals surface area contributed by atoms with Crippen molar-refractivity contribution in [2.45, 2.75) is 64.5 Å². The molecule has 0 spiro atoms. The molecule has 1 fully saturated rings. The van der Waals surface area contributed by atoms with Crippen LogP contribution in [-0.4, -0.2) is 29.7 Å². The van der Waals surface area contributed by atoms with Gasteiger partial charge in [-0.2, -0.15) is 0 Å². The van der Waals surface area contributed by atoms with E-state index in [1.165, 1.54) is 6.42 Å². The molecule has 0 aromatic carbocycles. The van der Waals surface area contributed by atoms with Crippen LogP contribution in [0, 0.1) is 11.8 Å². The van der Waals surface area contributed by atoms with E-state index in [9.17, 15) is 4.79 Å². The van der Waals surface area contributed by atoms with Gasteiger partial charge in [-0.25, -0.2) is 0 Å². The average molecular weight is 256 g/mol. The van der Waals surface area contributed by atoms with E-state index in [1.54, 1.807) is 0 Å². The summed E-state index contributed by atoms with van der Waals surface area (Å²) in [6.07, 6.45) is 5.88. The highest BCUT2D eigenvalue weighted by Crippen LogP contribution is 2.23. The molecule has 1 aliphatic rings. The Bertz CT molecular complexity index is 256. The van der Waals surface area contributed by atoms with Gasteiger partial charge in [-0.3, -0.25) is 4.79 Å². The van der Waals surface area contributed by atoms with Crippen LogP contribution in [0.4, 0.5) is 0 Å². The van der Waals surface area contributed by atoms with Crippen molar-refractivity contribution in [1.29, 1.82) is 0 Å². The Morgan fingerprint density at radius 2 is 2.00 bits per heavy atom. The molecule has 18 heavy (non-hydrogen) atoms. The number of hydrogen-bond donors (Lipinski definition) is 3. The molecule has 1 saturated carbocycles. The maximum atomic E-state index is 12.3. The summed E-state index contributed by atoms with van der Waals surface area (Å²) in [5, 5.41) is 12.1. The van der Waals surface area contributed by atoms with Crippen molar-refractivity contribution in [3.8, 4) is 0 Å². The highest BCUT2D eigenvalue weighted by atomic mass is 16.3. The van der Waals surface area contributed by atoms with Gasteiger partial charge in [-0.1, -0.05) is 33.1 Å². The Morgan fingerprint density at radius 3 is 2.61 bits per heavy atom. The Balaban J connectivity index is 2.55. The molecule has 4 heteroatoms. The number of amides is 1. The predicted octanol–water partition coefficient (Wildman–Crippen LogP) is 1.42. The predicted molar refractivity (Wildman–Crippen MR) is 73.0 cm³/mol. The molecule has 4 N–H and O–H groups in total. The first-order valence-corrected chi connectivity index (χ1v) is 7.23. The van der Waals surface area contributed by atoms with Gasteiger partial charge in [-0.15, -0.1) is 0 Å². The molecule has 0 heterocycles. The van der Waals surface area contributed by atoms with E-state index < -0.39 is 0 Å². The number of aliphatic hydroxyl groups excluding tert-OH is 1. The van der Waals surface area contributed by atoms with E-state index in [-0.39, 0.29) is 30.5 Å². The molecule has 0 aromatic rings. The zero-order valence-electron chi connectivity index (χ0n) is 11.7. The minimum atomic E-state index is -0.0487. The third-order valence-corrected chi connectivity index (χ3v) is 3.98. The maximum absolute atomic E-state index is 12.3. The molecule has 106 valence electrons. The Hall–Kier alpha value is -0.610. The highest BCUT2D eigenvalue weighted by Gasteiger charge is 2.28. The van der Waals surface area contributed by atoms with Crippen LogP contribution in [0.3, 0.4) is 0 Å². The molecular weight excluding hydrogens is 228 g/mol. The number of nitrogens with one attached hydrogen (secondary N) is 1. The Labute approximate surface area is 110 Å². The summed E-state index contributed by atoms with van der Waals surface area (Å²) in [5.74, 6) is 0.368. The molecule has 0 bridgehead atoms. The van der Waals surface area contributed by atoms with Crippen molar-refractivity contribution in [2.75, 3.05) is 6.61 Å². The third-order valence-electron chi connectivity index (χ3n) is 3.98. The van der Waals surface area contributed by atoms with E-state index >= 15 is 0 Å². The fourth-order valence-corrected chi connectivity index (χ4v) is 2.66. The Morgan fingerprint density at radius 1 is 1.33 bits per heavy atom. The van der Waals surface area contributed by atoms with Crippen LogP contribution in [0.1, 0.15) is 52.4 Å². The third kappa shape index (κ3) is 4.58. The van der Waals surface area contributed by atoms with Crippen molar-refractivity contribution in [1.82, 2.24) is 5.32 Å². The number of carbonyl (C=O) groups is 1. The molecule has 0 saturated heterocycles. The number of rotatable bonds is 5. The quantitative estimate of drug-likeness (QED) is 0.651. The van der Waals surface area contributed by atoms with Gasteiger partial charge in [0.2, 0.25) is 5.91 Å². The average Bonchev–Trinajstić information content (AvgIpc) is 2.53. The van der Waals surface area contributed by atoms with Gasteiger partial charge >= 0.3 is 0 Å². The SMILES string of the molecule is CC(C)C(CCO)NC(=O)C1CCCCCC1N. The second-order valence-corrected chi connectivity index (χ2v) is 5.78. The summed E-state index contributed by atoms with van der Waals surface area (Å²) in [7, 11) is 0. The number of carbonyl (C=O) groups excluding carboxylic acids is 1. The lowest BCUT2D eigenvalue weighted by atomic mass is 9.93. The van der Waals surface area contributed by atoms with Crippen molar-refractivity contribution in [2.24, 2.45) is 17.6 Å². The summed E-state index contributed by atoms with van der Waals surface area (Å²) in [5.41, 5.74) is 6.10. The molecule has 3 unspecified atom stereocenters. The summed E-state index contributed by atoms with van der Waals surface area (Å²) >= 11 is 0. The standard InChI is InChI=1S/C14H28N2O2/c1-10(2)13(8-9-17)16-14(18)11-6-4-3-5-7-12(11)15/h10-13,17H,3-9,15H2,1-2H3,(H,16,18). The van der Waals surface area contributed by atoms with Crippen molar-refractivity contribution in [3.63, 3.8) is 0 Å². The van der Waals surface area contributed by atoms with Crippen LogP contribution in [0.25, 0.3) is 0 Å². The second-order valence-electron chi connectivity index (χ2n) is 5.78. The van der Waals surface area contributed by atoms with Crippen LogP contribution in [0.2, 0.25) is 0 Å². The molecule has 4 nitrogen and oxygen atoms in total. The van der Waals surface area contributed by atoms with Gasteiger partial charge < -0.3 is 16.2 Å². The molecule has 1 rings (SSSR count). The van der Waals surface area contributed by atoms with E-state index in [1.807, 2.05) is 0 Å². The van der Waals surface area contributed by atoms with Crippen molar-refractivity contribution >= 4 is 5.91 Å². The van der Waals surface area contributed by atoms with Gasteiger partial charge in [0.25, 0.3) is 0 Å². The number of aliphatic hydroxyl groups is 1. The minimum absolute atomic E-state index is 0.00515. The number of nitrogens with two attached hydrogens (primary N) is 1. The zero-order valence-corrected chi connectivity index (χ0v) is 11.7. The smallest absolute Gasteiger partial charge is 0.224 e. The normalized spacial score (nSPS) is 26.7. The van der Waals surface area contributed by atoms with E-state index in [0.29, 0.717) is 12.3 Å². The largest absolute Gasteiger partial charge is 0.396 e. The molecule has 1 amide bonds. The van der Waals surface area contributed by atoms with Gasteiger partial charge in [-0.05, 0) is 25.2 Å². The van der Waals surface area contributed by atoms with Gasteiger partial charge in [0.1, 0.15) is 0 Å². The van der Waals surface area contributed by atoms with Crippen LogP contribution in [0.15, 0.2) is 0 Å². The van der Waals surface area contributed by atoms with Gasteiger partial charge in [0.15, 0.2) is 0 Å². The van der Waals surface area contributed by atoms with Crippen LogP contribution < -0.4 is 11.1 Å². The fourth-order valence-electron chi connectivity index (χ4n) is 2.66. The first kappa shape index (κ1) is 15.4. The molecule has 0 aliphatic heterocycles. The molecule has 1 aliphatic carbocycles. The summed E-state index contributed by atoms with van der Waals surface area (Å²) in [6.45, 7) is 4.24. The van der Waals surface area contributed by atoms with Crippen LogP contribution in [-0.2, 0) is 4.79 Å². The van der Waals surface area contributed by atoms with Gasteiger partial charge in [0, 0.05) is 18.7 Å². The Kier molecular flexibility index (Phi) is 6.65. The molecule has 3 atom stereocenters. The fraction of sp³-hybridized carbons (Fsp3) is 0.929. The zero-order chi connectivity index (χ0) is 13.5.